The van der Waals surface area contributed by atoms with E-state index in [-0.39, 0.29) is 0 Å². The molecule has 94 valence electrons. The van der Waals surface area contributed by atoms with Crippen molar-refractivity contribution in [2.45, 2.75) is 6.61 Å². The van der Waals surface area contributed by atoms with Crippen LogP contribution in [-0.4, -0.2) is 17.1 Å². The minimum Gasteiger partial charge on any atom is -0.380 e. The summed E-state index contributed by atoms with van der Waals surface area (Å²) in [5.41, 5.74) is 1.91. The van der Waals surface area contributed by atoms with E-state index in [9.17, 15) is 0 Å². The molecule has 0 aliphatic rings. The third-order valence-electron chi connectivity index (χ3n) is 2.27. The first kappa shape index (κ1) is 14.0. The highest BCUT2D eigenvalue weighted by atomic mass is 127. The molecule has 3 nitrogen and oxygen atoms in total. The molecule has 1 heterocycles. The van der Waals surface area contributed by atoms with Crippen molar-refractivity contribution in [3.63, 3.8) is 0 Å². The normalized spacial score (nSPS) is 10.7. The summed E-state index contributed by atoms with van der Waals surface area (Å²) in [4.78, 5) is 8.45. The predicted octanol–water partition coefficient (Wildman–Crippen LogP) is 4.20. The molecule has 0 aliphatic carbocycles. The van der Waals surface area contributed by atoms with Crippen LogP contribution in [0.1, 0.15) is 5.56 Å². The van der Waals surface area contributed by atoms with Gasteiger partial charge in [-0.1, -0.05) is 41.4 Å². The Hall–Kier alpha value is -0.430. The van der Waals surface area contributed by atoms with Crippen molar-refractivity contribution in [3.05, 3.63) is 43.7 Å². The number of ether oxygens (including phenoxy) is 1. The first-order valence-corrected chi connectivity index (χ1v) is 6.92. The molecule has 6 heteroatoms. The van der Waals surface area contributed by atoms with E-state index in [0.717, 1.165) is 11.1 Å². The van der Waals surface area contributed by atoms with Crippen LogP contribution in [-0.2, 0) is 11.3 Å². The lowest BCUT2D eigenvalue weighted by Gasteiger charge is -2.06. The summed E-state index contributed by atoms with van der Waals surface area (Å²) in [6, 6.07) is 7.77. The maximum Gasteiger partial charge on any atom is 0.162 e. The van der Waals surface area contributed by atoms with E-state index in [1.54, 1.807) is 7.11 Å². The van der Waals surface area contributed by atoms with E-state index in [1.807, 2.05) is 46.9 Å². The number of methoxy groups -OCH3 is 1. The smallest absolute Gasteiger partial charge is 0.162 e. The minimum absolute atomic E-state index is 0.364. The van der Waals surface area contributed by atoms with Gasteiger partial charge < -0.3 is 4.74 Å². The van der Waals surface area contributed by atoms with Gasteiger partial charge in [0.05, 0.1) is 10.2 Å². The van der Waals surface area contributed by atoms with E-state index >= 15 is 0 Å². The van der Waals surface area contributed by atoms with Crippen LogP contribution in [0.3, 0.4) is 0 Å². The Morgan fingerprint density at radius 1 is 1.22 bits per heavy atom. The molecule has 0 amide bonds. The van der Waals surface area contributed by atoms with Gasteiger partial charge in [0.15, 0.2) is 5.82 Å². The van der Waals surface area contributed by atoms with E-state index < -0.39 is 0 Å². The Morgan fingerprint density at radius 2 is 1.89 bits per heavy atom. The van der Waals surface area contributed by atoms with Crippen LogP contribution in [0.2, 0.25) is 10.3 Å². The zero-order valence-electron chi connectivity index (χ0n) is 9.45. The van der Waals surface area contributed by atoms with Gasteiger partial charge in [0, 0.05) is 12.7 Å². The van der Waals surface area contributed by atoms with Crippen molar-refractivity contribution < 1.29 is 4.74 Å². The van der Waals surface area contributed by atoms with Gasteiger partial charge in [-0.2, -0.15) is 0 Å². The van der Waals surface area contributed by atoms with Crippen LogP contribution in [0, 0.1) is 3.57 Å². The summed E-state index contributed by atoms with van der Waals surface area (Å²) in [6.45, 7) is 0.541. The molecule has 0 spiro atoms. The number of nitrogens with zero attached hydrogens (tertiary/aromatic N) is 2. The van der Waals surface area contributed by atoms with Gasteiger partial charge in [0.25, 0.3) is 0 Å². The first-order valence-electron chi connectivity index (χ1n) is 5.08. The second-order valence-electron chi connectivity index (χ2n) is 3.58. The molecule has 0 N–H and O–H groups in total. The van der Waals surface area contributed by atoms with Crippen LogP contribution in [0.4, 0.5) is 0 Å². The molecule has 0 saturated heterocycles. The standard InChI is InChI=1S/C12H9Cl2IN2O/c1-18-6-7-3-2-4-8(5-7)12-16-10(13)9(15)11(14)17-12/h2-5H,6H2,1H3. The average molecular weight is 395 g/mol. The number of hydrogen-bond acceptors (Lipinski definition) is 3. The third kappa shape index (κ3) is 3.12. The lowest BCUT2D eigenvalue weighted by atomic mass is 10.1. The van der Waals surface area contributed by atoms with Crippen LogP contribution in [0.25, 0.3) is 11.4 Å². The second-order valence-corrected chi connectivity index (χ2v) is 5.37. The van der Waals surface area contributed by atoms with Gasteiger partial charge in [0.1, 0.15) is 10.3 Å². The van der Waals surface area contributed by atoms with Crippen molar-refractivity contribution in [1.82, 2.24) is 9.97 Å². The number of rotatable bonds is 3. The largest absolute Gasteiger partial charge is 0.380 e. The highest BCUT2D eigenvalue weighted by Gasteiger charge is 2.10. The Bertz CT molecular complexity index is 555. The SMILES string of the molecule is COCc1cccc(-c2nc(Cl)c(I)c(Cl)n2)c1. The van der Waals surface area contributed by atoms with E-state index in [2.05, 4.69) is 9.97 Å². The average Bonchev–Trinajstić information content (AvgIpc) is 2.36. The Balaban J connectivity index is 2.45. The predicted molar refractivity (Wildman–Crippen MR) is 80.9 cm³/mol. The topological polar surface area (TPSA) is 35.0 Å². The van der Waals surface area contributed by atoms with Gasteiger partial charge in [-0.25, -0.2) is 9.97 Å². The van der Waals surface area contributed by atoms with Crippen molar-refractivity contribution in [3.8, 4) is 11.4 Å². The Morgan fingerprint density at radius 3 is 2.50 bits per heavy atom. The molecule has 18 heavy (non-hydrogen) atoms. The molecule has 1 aromatic carbocycles. The van der Waals surface area contributed by atoms with Crippen LogP contribution in [0.5, 0.6) is 0 Å². The van der Waals surface area contributed by atoms with Crippen molar-refractivity contribution in [2.75, 3.05) is 7.11 Å². The highest BCUT2D eigenvalue weighted by Crippen LogP contribution is 2.27. The molecule has 0 bridgehead atoms. The molecular formula is C12H9Cl2IN2O. The number of aromatic nitrogens is 2. The second kappa shape index (κ2) is 6.14. The van der Waals surface area contributed by atoms with Crippen molar-refractivity contribution in [1.29, 1.82) is 0 Å². The minimum atomic E-state index is 0.364. The summed E-state index contributed by atoms with van der Waals surface area (Å²) in [7, 11) is 1.65. The molecule has 0 unspecified atom stereocenters. The molecule has 0 fully saturated rings. The maximum absolute atomic E-state index is 6.00. The molecule has 0 atom stereocenters. The summed E-state index contributed by atoms with van der Waals surface area (Å²) < 4.78 is 5.75. The molecule has 2 aromatic rings. The molecule has 0 saturated carbocycles. The quantitative estimate of drug-likeness (QED) is 0.578. The molecule has 0 radical (unpaired) electrons. The van der Waals surface area contributed by atoms with Gasteiger partial charge >= 0.3 is 0 Å². The van der Waals surface area contributed by atoms with Crippen LogP contribution in [0.15, 0.2) is 24.3 Å². The fraction of sp³-hybridized carbons (Fsp3) is 0.167. The maximum atomic E-state index is 6.00. The van der Waals surface area contributed by atoms with Crippen LogP contribution >= 0.6 is 45.8 Å². The van der Waals surface area contributed by atoms with E-state index in [4.69, 9.17) is 27.9 Å². The highest BCUT2D eigenvalue weighted by molar-refractivity contribution is 14.1. The fourth-order valence-electron chi connectivity index (χ4n) is 1.49. The molecular weight excluding hydrogens is 386 g/mol. The summed E-state index contributed by atoms with van der Waals surface area (Å²) >= 11 is 14.0. The van der Waals surface area contributed by atoms with Gasteiger partial charge in [0.2, 0.25) is 0 Å². The fourth-order valence-corrected chi connectivity index (χ4v) is 2.12. The van der Waals surface area contributed by atoms with Crippen LogP contribution < -0.4 is 0 Å². The van der Waals surface area contributed by atoms with Gasteiger partial charge in [-0.3, -0.25) is 0 Å². The third-order valence-corrected chi connectivity index (χ3v) is 4.47. The summed E-state index contributed by atoms with van der Waals surface area (Å²) in [6.07, 6.45) is 0. The molecule has 0 aliphatic heterocycles. The lowest BCUT2D eigenvalue weighted by Crippen LogP contribution is -1.95. The molecule has 1 aromatic heterocycles. The number of halogens is 3. The number of benzene rings is 1. The Kier molecular flexibility index (Phi) is 4.77. The first-order chi connectivity index (χ1) is 8.61. The van der Waals surface area contributed by atoms with E-state index in [1.165, 1.54) is 0 Å². The number of hydrogen-bond donors (Lipinski definition) is 0. The zero-order valence-corrected chi connectivity index (χ0v) is 13.1. The monoisotopic (exact) mass is 394 g/mol. The van der Waals surface area contributed by atoms with Crippen molar-refractivity contribution in [2.24, 2.45) is 0 Å². The summed E-state index contributed by atoms with van der Waals surface area (Å²) in [5, 5.41) is 0.727. The zero-order chi connectivity index (χ0) is 13.1. The lowest BCUT2D eigenvalue weighted by molar-refractivity contribution is 0.185. The van der Waals surface area contributed by atoms with Crippen molar-refractivity contribution >= 4 is 45.8 Å². The van der Waals surface area contributed by atoms with Gasteiger partial charge in [-0.05, 0) is 34.2 Å². The molecule has 2 rings (SSSR count). The van der Waals surface area contributed by atoms with E-state index in [0.29, 0.717) is 26.3 Å². The van der Waals surface area contributed by atoms with Gasteiger partial charge in [-0.15, -0.1) is 0 Å². The summed E-state index contributed by atoms with van der Waals surface area (Å²) in [5.74, 6) is 0.517. The Labute approximate surface area is 129 Å².